The van der Waals surface area contributed by atoms with Crippen molar-refractivity contribution in [2.24, 2.45) is 11.1 Å². The van der Waals surface area contributed by atoms with E-state index in [1.54, 1.807) is 0 Å². The molecule has 6 heteroatoms. The second-order valence-corrected chi connectivity index (χ2v) is 6.74. The molecule has 1 aliphatic carbocycles. The number of likely N-dealkylation sites (tertiary alicyclic amines) is 1. The third-order valence-electron chi connectivity index (χ3n) is 4.72. The van der Waals surface area contributed by atoms with Gasteiger partial charge in [0.05, 0.1) is 10.4 Å². The standard InChI is InChI=1S/C15H25N3O2S/c1-11(19)17-12-6-9-18(10-12)14(20)15(13(16)21)7-4-2-3-5-8-15/h12H,2-10H2,1H3,(H2,16,21)(H,17,19). The predicted octanol–water partition coefficient (Wildman–Crippen LogP) is 1.35. The summed E-state index contributed by atoms with van der Waals surface area (Å²) in [5.74, 6) is 0.0255. The number of thiocarbonyl (C=S) groups is 1. The van der Waals surface area contributed by atoms with Crippen molar-refractivity contribution in [2.75, 3.05) is 13.1 Å². The van der Waals surface area contributed by atoms with E-state index in [1.807, 2.05) is 4.90 Å². The normalized spacial score (nSPS) is 25.2. The Morgan fingerprint density at radius 1 is 1.24 bits per heavy atom. The van der Waals surface area contributed by atoms with Crippen LogP contribution in [0, 0.1) is 5.41 Å². The quantitative estimate of drug-likeness (QED) is 0.609. The number of nitrogens with two attached hydrogens (primary N) is 1. The summed E-state index contributed by atoms with van der Waals surface area (Å²) in [6, 6.07) is 0.0561. The van der Waals surface area contributed by atoms with Gasteiger partial charge in [0.15, 0.2) is 0 Å². The van der Waals surface area contributed by atoms with Gasteiger partial charge in [-0.1, -0.05) is 37.9 Å². The number of hydrogen-bond donors (Lipinski definition) is 2. The zero-order valence-corrected chi connectivity index (χ0v) is 13.5. The van der Waals surface area contributed by atoms with Gasteiger partial charge in [-0.15, -0.1) is 0 Å². The van der Waals surface area contributed by atoms with Crippen molar-refractivity contribution in [1.82, 2.24) is 10.2 Å². The van der Waals surface area contributed by atoms with E-state index in [-0.39, 0.29) is 17.9 Å². The number of carbonyl (C=O) groups excluding carboxylic acids is 2. The van der Waals surface area contributed by atoms with E-state index in [4.69, 9.17) is 18.0 Å². The van der Waals surface area contributed by atoms with E-state index in [1.165, 1.54) is 6.92 Å². The summed E-state index contributed by atoms with van der Waals surface area (Å²) < 4.78 is 0. The van der Waals surface area contributed by atoms with Crippen LogP contribution in [-0.2, 0) is 9.59 Å². The number of nitrogens with zero attached hydrogens (tertiary/aromatic N) is 1. The Kier molecular flexibility index (Phi) is 5.19. The highest BCUT2D eigenvalue weighted by Gasteiger charge is 2.45. The zero-order valence-electron chi connectivity index (χ0n) is 12.7. The van der Waals surface area contributed by atoms with Crippen LogP contribution in [0.2, 0.25) is 0 Å². The lowest BCUT2D eigenvalue weighted by Gasteiger charge is -2.34. The summed E-state index contributed by atoms with van der Waals surface area (Å²) >= 11 is 5.26. The van der Waals surface area contributed by atoms with Gasteiger partial charge in [0.25, 0.3) is 0 Å². The first-order chi connectivity index (χ1) is 9.95. The molecule has 2 rings (SSSR count). The SMILES string of the molecule is CC(=O)NC1CCN(C(=O)C2(C(N)=S)CCCCCC2)C1. The lowest BCUT2D eigenvalue weighted by atomic mass is 9.79. The largest absolute Gasteiger partial charge is 0.392 e. The van der Waals surface area contributed by atoms with Crippen LogP contribution < -0.4 is 11.1 Å². The molecule has 1 atom stereocenters. The summed E-state index contributed by atoms with van der Waals surface area (Å²) in [6.45, 7) is 2.75. The minimum atomic E-state index is -0.656. The fourth-order valence-corrected chi connectivity index (χ4v) is 3.84. The first kappa shape index (κ1) is 16.2. The zero-order chi connectivity index (χ0) is 15.5. The molecule has 1 saturated heterocycles. The summed E-state index contributed by atoms with van der Waals surface area (Å²) in [6.07, 6.45) is 6.64. The van der Waals surface area contributed by atoms with Gasteiger partial charge >= 0.3 is 0 Å². The van der Waals surface area contributed by atoms with Crippen molar-refractivity contribution in [2.45, 2.75) is 57.9 Å². The lowest BCUT2D eigenvalue weighted by molar-refractivity contribution is -0.138. The van der Waals surface area contributed by atoms with Crippen LogP contribution in [-0.4, -0.2) is 40.8 Å². The van der Waals surface area contributed by atoms with E-state index in [2.05, 4.69) is 5.32 Å². The van der Waals surface area contributed by atoms with E-state index in [0.29, 0.717) is 18.1 Å². The van der Waals surface area contributed by atoms with Crippen LogP contribution >= 0.6 is 12.2 Å². The van der Waals surface area contributed by atoms with Gasteiger partial charge in [0.2, 0.25) is 11.8 Å². The molecule has 2 fully saturated rings. The molecule has 0 bridgehead atoms. The van der Waals surface area contributed by atoms with E-state index >= 15 is 0 Å². The Morgan fingerprint density at radius 3 is 2.38 bits per heavy atom. The maximum Gasteiger partial charge on any atom is 0.235 e. The minimum Gasteiger partial charge on any atom is -0.392 e. The summed E-state index contributed by atoms with van der Waals surface area (Å²) in [7, 11) is 0. The Labute approximate surface area is 131 Å². The Balaban J connectivity index is 2.09. The van der Waals surface area contributed by atoms with E-state index < -0.39 is 5.41 Å². The fraction of sp³-hybridized carbons (Fsp3) is 0.800. The maximum atomic E-state index is 13.0. The maximum absolute atomic E-state index is 13.0. The summed E-state index contributed by atoms with van der Waals surface area (Å²) in [4.78, 5) is 26.3. The van der Waals surface area contributed by atoms with Gasteiger partial charge in [0.1, 0.15) is 0 Å². The molecule has 0 aromatic carbocycles. The molecule has 0 spiro atoms. The minimum absolute atomic E-state index is 0.0483. The molecule has 0 radical (unpaired) electrons. The Bertz CT molecular complexity index is 431. The average Bonchev–Trinajstić information content (AvgIpc) is 2.73. The van der Waals surface area contributed by atoms with Crippen molar-refractivity contribution < 1.29 is 9.59 Å². The Hall–Kier alpha value is -1.17. The summed E-state index contributed by atoms with van der Waals surface area (Å²) in [5, 5.41) is 2.89. The van der Waals surface area contributed by atoms with Crippen molar-refractivity contribution in [3.05, 3.63) is 0 Å². The number of amides is 2. The first-order valence-electron chi connectivity index (χ1n) is 7.82. The van der Waals surface area contributed by atoms with Gasteiger partial charge in [0, 0.05) is 26.1 Å². The fourth-order valence-electron chi connectivity index (χ4n) is 3.55. The topological polar surface area (TPSA) is 75.4 Å². The third-order valence-corrected chi connectivity index (χ3v) is 5.11. The molecule has 0 aromatic rings. The molecule has 5 nitrogen and oxygen atoms in total. The number of carbonyl (C=O) groups is 2. The molecule has 118 valence electrons. The highest BCUT2D eigenvalue weighted by atomic mass is 32.1. The van der Waals surface area contributed by atoms with Gasteiger partial charge in [-0.05, 0) is 19.3 Å². The molecular weight excluding hydrogens is 286 g/mol. The van der Waals surface area contributed by atoms with Crippen LogP contribution in [0.1, 0.15) is 51.9 Å². The second kappa shape index (κ2) is 6.73. The van der Waals surface area contributed by atoms with Crippen LogP contribution in [0.15, 0.2) is 0 Å². The van der Waals surface area contributed by atoms with Gasteiger partial charge in [-0.2, -0.15) is 0 Å². The number of rotatable bonds is 3. The molecule has 0 aromatic heterocycles. The molecule has 1 heterocycles. The van der Waals surface area contributed by atoms with E-state index in [9.17, 15) is 9.59 Å². The van der Waals surface area contributed by atoms with Crippen molar-refractivity contribution >= 4 is 29.0 Å². The second-order valence-electron chi connectivity index (χ2n) is 6.30. The highest BCUT2D eigenvalue weighted by molar-refractivity contribution is 7.80. The Morgan fingerprint density at radius 2 is 1.86 bits per heavy atom. The first-order valence-corrected chi connectivity index (χ1v) is 8.23. The van der Waals surface area contributed by atoms with Gasteiger partial charge < -0.3 is 16.0 Å². The molecule has 1 unspecified atom stereocenters. The molecule has 1 aliphatic heterocycles. The lowest BCUT2D eigenvalue weighted by Crippen LogP contribution is -2.50. The van der Waals surface area contributed by atoms with Crippen LogP contribution in [0.3, 0.4) is 0 Å². The predicted molar refractivity (Wildman–Crippen MR) is 85.7 cm³/mol. The number of hydrogen-bond acceptors (Lipinski definition) is 3. The highest BCUT2D eigenvalue weighted by Crippen LogP contribution is 2.38. The monoisotopic (exact) mass is 311 g/mol. The van der Waals surface area contributed by atoms with Gasteiger partial charge in [-0.3, -0.25) is 9.59 Å². The smallest absolute Gasteiger partial charge is 0.235 e. The van der Waals surface area contributed by atoms with Crippen LogP contribution in [0.5, 0.6) is 0 Å². The average molecular weight is 311 g/mol. The van der Waals surface area contributed by atoms with Gasteiger partial charge in [-0.25, -0.2) is 0 Å². The molecule has 21 heavy (non-hydrogen) atoms. The third kappa shape index (κ3) is 3.54. The molecule has 2 aliphatic rings. The van der Waals surface area contributed by atoms with Crippen LogP contribution in [0.4, 0.5) is 0 Å². The molecular formula is C15H25N3O2S. The summed E-state index contributed by atoms with van der Waals surface area (Å²) in [5.41, 5.74) is 5.31. The van der Waals surface area contributed by atoms with Crippen molar-refractivity contribution in [1.29, 1.82) is 0 Å². The molecule has 2 amide bonds. The number of nitrogens with one attached hydrogen (secondary N) is 1. The van der Waals surface area contributed by atoms with Crippen molar-refractivity contribution in [3.8, 4) is 0 Å². The molecule has 1 saturated carbocycles. The van der Waals surface area contributed by atoms with Crippen molar-refractivity contribution in [3.63, 3.8) is 0 Å². The van der Waals surface area contributed by atoms with E-state index in [0.717, 1.165) is 44.9 Å². The van der Waals surface area contributed by atoms with Crippen LogP contribution in [0.25, 0.3) is 0 Å². The molecule has 3 N–H and O–H groups in total.